The number of methoxy groups -OCH3 is 1. The second kappa shape index (κ2) is 12.3. The summed E-state index contributed by atoms with van der Waals surface area (Å²) in [4.78, 5) is 8.80. The molecule has 9 heteroatoms. The van der Waals surface area contributed by atoms with Gasteiger partial charge in [0.1, 0.15) is 30.3 Å². The van der Waals surface area contributed by atoms with E-state index in [1.807, 2.05) is 62.4 Å². The van der Waals surface area contributed by atoms with Crippen LogP contribution in [0.15, 0.2) is 60.9 Å². The highest BCUT2D eigenvalue weighted by Gasteiger charge is 2.13. The number of benzene rings is 3. The highest BCUT2D eigenvalue weighted by Crippen LogP contribution is 2.36. The fourth-order valence-corrected chi connectivity index (χ4v) is 3.75. The molecule has 0 spiro atoms. The molecule has 0 saturated carbocycles. The number of nitrogens with zero attached hydrogens (tertiary/aromatic N) is 2. The summed E-state index contributed by atoms with van der Waals surface area (Å²) < 4.78 is 22.8. The van der Waals surface area contributed by atoms with E-state index >= 15 is 0 Å². The van der Waals surface area contributed by atoms with Crippen molar-refractivity contribution in [2.45, 2.75) is 20.5 Å². The molecule has 3 aromatic carbocycles. The highest BCUT2D eigenvalue weighted by atomic mass is 35.5. The first kappa shape index (κ1) is 26.2. The standard InChI is InChI=1S/C26H26ClN3O4.ClH/c1-4-32-24-13-19-21(14-25(24)33-5-2)28-16-29-26(19)30-18-10-11-23(20(27)12-18)34-15-17-8-6-7-9-22(17)31-3;/h6-14,16H,4-5,15H2,1-3H3,(H,28,29,30);1H. The molecular formula is C26H27Cl2N3O4. The lowest BCUT2D eigenvalue weighted by atomic mass is 10.2. The first-order chi connectivity index (χ1) is 16.6. The van der Waals surface area contributed by atoms with Crippen LogP contribution in [0.1, 0.15) is 19.4 Å². The van der Waals surface area contributed by atoms with Crippen LogP contribution in [-0.2, 0) is 6.61 Å². The topological polar surface area (TPSA) is 74.7 Å². The lowest BCUT2D eigenvalue weighted by Crippen LogP contribution is -2.01. The third kappa shape index (κ3) is 6.18. The summed E-state index contributed by atoms with van der Waals surface area (Å²) in [7, 11) is 1.64. The molecule has 35 heavy (non-hydrogen) atoms. The second-order valence-corrected chi connectivity index (χ2v) is 7.68. The summed E-state index contributed by atoms with van der Waals surface area (Å²) in [6.45, 7) is 5.26. The number of halogens is 2. The van der Waals surface area contributed by atoms with E-state index in [0.717, 1.165) is 27.9 Å². The van der Waals surface area contributed by atoms with E-state index in [-0.39, 0.29) is 12.4 Å². The molecule has 0 aliphatic heterocycles. The Morgan fingerprint density at radius 2 is 1.57 bits per heavy atom. The molecule has 0 atom stereocenters. The first-order valence-corrected chi connectivity index (χ1v) is 11.4. The van der Waals surface area contributed by atoms with Gasteiger partial charge in [0.25, 0.3) is 0 Å². The van der Waals surface area contributed by atoms with Crippen molar-refractivity contribution in [3.8, 4) is 23.0 Å². The number of nitrogens with one attached hydrogen (secondary N) is 1. The van der Waals surface area contributed by atoms with Gasteiger partial charge in [-0.2, -0.15) is 0 Å². The van der Waals surface area contributed by atoms with Gasteiger partial charge in [-0.1, -0.05) is 29.8 Å². The van der Waals surface area contributed by atoms with Crippen LogP contribution in [0.4, 0.5) is 11.5 Å². The van der Waals surface area contributed by atoms with Crippen LogP contribution in [0.5, 0.6) is 23.0 Å². The Kier molecular flexibility index (Phi) is 9.23. The second-order valence-electron chi connectivity index (χ2n) is 7.28. The molecule has 7 nitrogen and oxygen atoms in total. The maximum atomic E-state index is 6.51. The van der Waals surface area contributed by atoms with Crippen LogP contribution in [0.25, 0.3) is 10.9 Å². The third-order valence-electron chi connectivity index (χ3n) is 5.07. The van der Waals surface area contributed by atoms with Crippen molar-refractivity contribution in [1.29, 1.82) is 0 Å². The van der Waals surface area contributed by atoms with E-state index < -0.39 is 0 Å². The van der Waals surface area contributed by atoms with Crippen LogP contribution in [0, 0.1) is 0 Å². The van der Waals surface area contributed by atoms with E-state index in [9.17, 15) is 0 Å². The van der Waals surface area contributed by atoms with Crippen molar-refractivity contribution < 1.29 is 18.9 Å². The number of fused-ring (bicyclic) bond motifs is 1. The van der Waals surface area contributed by atoms with Gasteiger partial charge >= 0.3 is 0 Å². The van der Waals surface area contributed by atoms with Crippen molar-refractivity contribution in [3.63, 3.8) is 0 Å². The molecule has 0 aliphatic carbocycles. The van der Waals surface area contributed by atoms with Gasteiger partial charge in [-0.3, -0.25) is 0 Å². The smallest absolute Gasteiger partial charge is 0.163 e. The molecule has 0 amide bonds. The van der Waals surface area contributed by atoms with E-state index in [2.05, 4.69) is 15.3 Å². The van der Waals surface area contributed by atoms with Crippen LogP contribution < -0.4 is 24.3 Å². The van der Waals surface area contributed by atoms with E-state index in [4.69, 9.17) is 30.5 Å². The number of hydrogen-bond donors (Lipinski definition) is 1. The van der Waals surface area contributed by atoms with E-state index in [0.29, 0.717) is 47.9 Å². The van der Waals surface area contributed by atoms with Crippen molar-refractivity contribution >= 4 is 46.4 Å². The lowest BCUT2D eigenvalue weighted by molar-refractivity contribution is 0.288. The van der Waals surface area contributed by atoms with Gasteiger partial charge in [0.2, 0.25) is 0 Å². The number of para-hydroxylation sites is 1. The molecule has 1 aromatic heterocycles. The zero-order chi connectivity index (χ0) is 23.9. The maximum Gasteiger partial charge on any atom is 0.163 e. The fraction of sp³-hybridized carbons (Fsp3) is 0.231. The van der Waals surface area contributed by atoms with E-state index in [1.54, 1.807) is 13.2 Å². The van der Waals surface area contributed by atoms with Gasteiger partial charge in [-0.15, -0.1) is 12.4 Å². The van der Waals surface area contributed by atoms with E-state index in [1.165, 1.54) is 6.33 Å². The van der Waals surface area contributed by atoms with Gasteiger partial charge in [-0.05, 0) is 44.2 Å². The van der Waals surface area contributed by atoms with Crippen LogP contribution in [-0.4, -0.2) is 30.3 Å². The summed E-state index contributed by atoms with van der Waals surface area (Å²) >= 11 is 6.51. The summed E-state index contributed by atoms with van der Waals surface area (Å²) in [6, 6.07) is 17.0. The Morgan fingerprint density at radius 1 is 0.829 bits per heavy atom. The van der Waals surface area contributed by atoms with Crippen LogP contribution >= 0.6 is 24.0 Å². The third-order valence-corrected chi connectivity index (χ3v) is 5.37. The Hall–Kier alpha value is -3.42. The van der Waals surface area contributed by atoms with Gasteiger partial charge in [-0.25, -0.2) is 9.97 Å². The van der Waals surface area contributed by atoms with Gasteiger partial charge < -0.3 is 24.3 Å². The Balaban J connectivity index is 0.00000342. The minimum Gasteiger partial charge on any atom is -0.496 e. The summed E-state index contributed by atoms with van der Waals surface area (Å²) in [5, 5.41) is 4.61. The summed E-state index contributed by atoms with van der Waals surface area (Å²) in [6.07, 6.45) is 1.51. The Labute approximate surface area is 215 Å². The SMILES string of the molecule is CCOc1cc2ncnc(Nc3ccc(OCc4ccccc4OC)c(Cl)c3)c2cc1OCC.Cl. The molecule has 0 radical (unpaired) electrons. The molecule has 1 heterocycles. The predicted molar refractivity (Wildman–Crippen MR) is 141 cm³/mol. The summed E-state index contributed by atoms with van der Waals surface area (Å²) in [5.74, 6) is 3.28. The zero-order valence-electron chi connectivity index (χ0n) is 19.7. The highest BCUT2D eigenvalue weighted by molar-refractivity contribution is 6.32. The van der Waals surface area contributed by atoms with Gasteiger partial charge in [0.15, 0.2) is 11.5 Å². The number of rotatable bonds is 10. The zero-order valence-corrected chi connectivity index (χ0v) is 21.3. The number of hydrogen-bond acceptors (Lipinski definition) is 7. The minimum absolute atomic E-state index is 0. The fourth-order valence-electron chi connectivity index (χ4n) is 3.51. The molecular weight excluding hydrogens is 489 g/mol. The van der Waals surface area contributed by atoms with Crippen LogP contribution in [0.3, 0.4) is 0 Å². The molecule has 184 valence electrons. The molecule has 0 saturated heterocycles. The maximum absolute atomic E-state index is 6.51. The first-order valence-electron chi connectivity index (χ1n) is 11.0. The van der Waals surface area contributed by atoms with Crippen molar-refractivity contribution in [2.24, 2.45) is 0 Å². The monoisotopic (exact) mass is 515 g/mol. The Bertz CT molecular complexity index is 1290. The molecule has 4 aromatic rings. The van der Waals surface area contributed by atoms with Crippen molar-refractivity contribution in [3.05, 3.63) is 71.5 Å². The largest absolute Gasteiger partial charge is 0.496 e. The summed E-state index contributed by atoms with van der Waals surface area (Å²) in [5.41, 5.74) is 2.45. The lowest BCUT2D eigenvalue weighted by Gasteiger charge is -2.15. The molecule has 0 bridgehead atoms. The number of ether oxygens (including phenoxy) is 4. The quantitative estimate of drug-likeness (QED) is 0.248. The average Bonchev–Trinajstić information content (AvgIpc) is 2.85. The molecule has 0 aliphatic rings. The predicted octanol–water partition coefficient (Wildman–Crippen LogP) is 6.83. The van der Waals surface area contributed by atoms with Crippen molar-refractivity contribution in [1.82, 2.24) is 9.97 Å². The minimum atomic E-state index is 0. The van der Waals surface area contributed by atoms with Gasteiger partial charge in [0.05, 0.1) is 30.9 Å². The molecule has 0 unspecified atom stereocenters. The normalized spacial score (nSPS) is 10.4. The van der Waals surface area contributed by atoms with Crippen molar-refractivity contribution in [2.75, 3.05) is 25.6 Å². The molecule has 1 N–H and O–H groups in total. The molecule has 0 fully saturated rings. The number of anilines is 2. The number of aromatic nitrogens is 2. The average molecular weight is 516 g/mol. The van der Waals surface area contributed by atoms with Crippen LogP contribution in [0.2, 0.25) is 5.02 Å². The van der Waals surface area contributed by atoms with Gasteiger partial charge in [0, 0.05) is 22.7 Å². The Morgan fingerprint density at radius 3 is 2.29 bits per heavy atom. The molecule has 4 rings (SSSR count).